The van der Waals surface area contributed by atoms with Crippen LogP contribution in [0.3, 0.4) is 0 Å². The average molecular weight is 354 g/mol. The number of carboxylic acid groups (broad SMARTS) is 1. The molecule has 0 spiro atoms. The normalized spacial score (nSPS) is 11.5. The molecule has 0 bridgehead atoms. The van der Waals surface area contributed by atoms with E-state index in [0.29, 0.717) is 5.56 Å². The molecular weight excluding hydrogens is 332 g/mol. The number of hydrogen-bond donors (Lipinski definition) is 3. The molecular formula is C20H22N2O4. The second-order valence-electron chi connectivity index (χ2n) is 6.21. The molecule has 0 radical (unpaired) electrons. The van der Waals surface area contributed by atoms with Gasteiger partial charge in [-0.1, -0.05) is 47.5 Å². The lowest BCUT2D eigenvalue weighted by molar-refractivity contribution is -0.141. The van der Waals surface area contributed by atoms with Gasteiger partial charge in [-0.2, -0.15) is 0 Å². The number of amides is 2. The van der Waals surface area contributed by atoms with Gasteiger partial charge in [-0.15, -0.1) is 0 Å². The predicted molar refractivity (Wildman–Crippen MR) is 98.0 cm³/mol. The van der Waals surface area contributed by atoms with E-state index in [1.165, 1.54) is 0 Å². The topological polar surface area (TPSA) is 95.5 Å². The van der Waals surface area contributed by atoms with Gasteiger partial charge in [0.1, 0.15) is 6.04 Å². The number of carbonyl (C=O) groups is 3. The van der Waals surface area contributed by atoms with Crippen LogP contribution in [0.4, 0.5) is 0 Å². The highest BCUT2D eigenvalue weighted by Gasteiger charge is 2.20. The summed E-state index contributed by atoms with van der Waals surface area (Å²) in [6.45, 7) is 3.49. The Bertz CT molecular complexity index is 782. The molecule has 0 fully saturated rings. The average Bonchev–Trinajstić information content (AvgIpc) is 2.59. The summed E-state index contributed by atoms with van der Waals surface area (Å²) in [6, 6.07) is 13.4. The van der Waals surface area contributed by atoms with Crippen molar-refractivity contribution in [3.63, 3.8) is 0 Å². The molecule has 26 heavy (non-hydrogen) atoms. The summed E-state index contributed by atoms with van der Waals surface area (Å²) < 4.78 is 0. The lowest BCUT2D eigenvalue weighted by Crippen LogP contribution is -2.46. The van der Waals surface area contributed by atoms with Crippen LogP contribution in [0.15, 0.2) is 48.5 Å². The van der Waals surface area contributed by atoms with E-state index in [9.17, 15) is 19.5 Å². The van der Waals surface area contributed by atoms with Crippen LogP contribution >= 0.6 is 0 Å². The summed E-state index contributed by atoms with van der Waals surface area (Å²) in [7, 11) is 0. The molecule has 2 rings (SSSR count). The van der Waals surface area contributed by atoms with Gasteiger partial charge in [-0.3, -0.25) is 9.59 Å². The van der Waals surface area contributed by atoms with Crippen LogP contribution in [0.2, 0.25) is 0 Å². The molecule has 0 aliphatic heterocycles. The molecule has 2 aromatic rings. The molecule has 0 aromatic heterocycles. The Hall–Kier alpha value is -3.15. The van der Waals surface area contributed by atoms with Gasteiger partial charge in [-0.05, 0) is 31.5 Å². The predicted octanol–water partition coefficient (Wildman–Crippen LogP) is 1.85. The maximum atomic E-state index is 12.2. The highest BCUT2D eigenvalue weighted by atomic mass is 16.4. The van der Waals surface area contributed by atoms with Gasteiger partial charge in [-0.25, -0.2) is 4.79 Å². The quantitative estimate of drug-likeness (QED) is 0.707. The van der Waals surface area contributed by atoms with Crippen LogP contribution in [0, 0.1) is 13.8 Å². The Morgan fingerprint density at radius 1 is 1.00 bits per heavy atom. The molecule has 0 unspecified atom stereocenters. The van der Waals surface area contributed by atoms with Crippen molar-refractivity contribution in [2.45, 2.75) is 26.3 Å². The van der Waals surface area contributed by atoms with Gasteiger partial charge in [0.25, 0.3) is 5.91 Å². The maximum Gasteiger partial charge on any atom is 0.326 e. The Morgan fingerprint density at radius 3 is 2.19 bits per heavy atom. The Balaban J connectivity index is 1.91. The van der Waals surface area contributed by atoms with Crippen LogP contribution in [0.1, 0.15) is 27.0 Å². The highest BCUT2D eigenvalue weighted by molar-refractivity contribution is 5.97. The van der Waals surface area contributed by atoms with Gasteiger partial charge >= 0.3 is 5.97 Å². The van der Waals surface area contributed by atoms with E-state index in [1.807, 2.05) is 26.0 Å². The van der Waals surface area contributed by atoms with E-state index in [-0.39, 0.29) is 18.9 Å². The Morgan fingerprint density at radius 2 is 1.62 bits per heavy atom. The summed E-state index contributed by atoms with van der Waals surface area (Å²) in [5.41, 5.74) is 3.18. The summed E-state index contributed by atoms with van der Waals surface area (Å²) >= 11 is 0. The number of rotatable bonds is 7. The number of hydrogen-bond acceptors (Lipinski definition) is 3. The van der Waals surface area contributed by atoms with E-state index >= 15 is 0 Å². The molecule has 0 saturated carbocycles. The molecule has 6 nitrogen and oxygen atoms in total. The second kappa shape index (κ2) is 8.80. The number of aliphatic carboxylic acids is 1. The van der Waals surface area contributed by atoms with E-state index in [2.05, 4.69) is 10.6 Å². The zero-order valence-corrected chi connectivity index (χ0v) is 14.8. The molecule has 1 atom stereocenters. The SMILES string of the molecule is Cc1cc(C)cc(C(=O)NCC(=O)N[C@@H](Cc2ccccc2)C(=O)O)c1. The molecule has 2 aromatic carbocycles. The zero-order valence-electron chi connectivity index (χ0n) is 14.8. The van der Waals surface area contributed by atoms with Crippen LogP contribution in [0.25, 0.3) is 0 Å². The molecule has 0 aliphatic rings. The first kappa shape index (κ1) is 19.2. The largest absolute Gasteiger partial charge is 0.480 e. The zero-order chi connectivity index (χ0) is 19.1. The maximum absolute atomic E-state index is 12.2. The molecule has 0 heterocycles. The molecule has 3 N–H and O–H groups in total. The summed E-state index contributed by atoms with van der Waals surface area (Å²) in [4.78, 5) is 35.6. The van der Waals surface area contributed by atoms with E-state index < -0.39 is 17.9 Å². The van der Waals surface area contributed by atoms with Crippen molar-refractivity contribution < 1.29 is 19.5 Å². The van der Waals surface area contributed by atoms with Gasteiger partial charge in [0.2, 0.25) is 5.91 Å². The van der Waals surface area contributed by atoms with Gasteiger partial charge in [0.15, 0.2) is 0 Å². The van der Waals surface area contributed by atoms with Crippen LogP contribution in [-0.4, -0.2) is 35.5 Å². The number of carboxylic acids is 1. The Labute approximate surface area is 152 Å². The molecule has 0 aliphatic carbocycles. The van der Waals surface area contributed by atoms with Crippen molar-refractivity contribution in [3.05, 3.63) is 70.8 Å². The van der Waals surface area contributed by atoms with Gasteiger partial charge in [0, 0.05) is 12.0 Å². The van der Waals surface area contributed by atoms with Crippen LogP contribution < -0.4 is 10.6 Å². The lowest BCUT2D eigenvalue weighted by Gasteiger charge is -2.15. The number of benzene rings is 2. The monoisotopic (exact) mass is 354 g/mol. The molecule has 136 valence electrons. The van der Waals surface area contributed by atoms with Crippen molar-refractivity contribution in [2.75, 3.05) is 6.54 Å². The number of aryl methyl sites for hydroxylation is 2. The van der Waals surface area contributed by atoms with Crippen molar-refractivity contribution in [3.8, 4) is 0 Å². The fraction of sp³-hybridized carbons (Fsp3) is 0.250. The molecule has 2 amide bonds. The van der Waals surface area contributed by atoms with Gasteiger partial charge < -0.3 is 15.7 Å². The lowest BCUT2D eigenvalue weighted by atomic mass is 10.1. The minimum Gasteiger partial charge on any atom is -0.480 e. The van der Waals surface area contributed by atoms with E-state index in [4.69, 9.17) is 0 Å². The first-order valence-electron chi connectivity index (χ1n) is 8.27. The minimum atomic E-state index is -1.12. The fourth-order valence-electron chi connectivity index (χ4n) is 2.66. The third-order valence-corrected chi connectivity index (χ3v) is 3.81. The number of carbonyl (C=O) groups excluding carboxylic acids is 2. The minimum absolute atomic E-state index is 0.174. The van der Waals surface area contributed by atoms with Crippen molar-refractivity contribution in [1.29, 1.82) is 0 Å². The summed E-state index contributed by atoms with van der Waals surface area (Å²) in [5, 5.41) is 14.3. The smallest absolute Gasteiger partial charge is 0.326 e. The van der Waals surface area contributed by atoms with Crippen molar-refractivity contribution in [1.82, 2.24) is 10.6 Å². The third kappa shape index (κ3) is 5.73. The highest BCUT2D eigenvalue weighted by Crippen LogP contribution is 2.08. The first-order chi connectivity index (χ1) is 12.3. The van der Waals surface area contributed by atoms with Gasteiger partial charge in [0.05, 0.1) is 6.54 Å². The second-order valence-corrected chi connectivity index (χ2v) is 6.21. The summed E-state index contributed by atoms with van der Waals surface area (Å²) in [5.74, 6) is -2.05. The van der Waals surface area contributed by atoms with E-state index in [0.717, 1.165) is 16.7 Å². The number of nitrogens with one attached hydrogen (secondary N) is 2. The third-order valence-electron chi connectivity index (χ3n) is 3.81. The van der Waals surface area contributed by atoms with Crippen molar-refractivity contribution >= 4 is 17.8 Å². The molecule has 6 heteroatoms. The summed E-state index contributed by atoms with van der Waals surface area (Å²) in [6.07, 6.45) is 0.174. The van der Waals surface area contributed by atoms with Crippen LogP contribution in [0.5, 0.6) is 0 Å². The first-order valence-corrected chi connectivity index (χ1v) is 8.27. The molecule has 0 saturated heterocycles. The fourth-order valence-corrected chi connectivity index (χ4v) is 2.66. The van der Waals surface area contributed by atoms with E-state index in [1.54, 1.807) is 36.4 Å². The Kier molecular flexibility index (Phi) is 6.49. The van der Waals surface area contributed by atoms with Crippen LogP contribution in [-0.2, 0) is 16.0 Å². The standard InChI is InChI=1S/C20H22N2O4/c1-13-8-14(2)10-16(9-13)19(24)21-12-18(23)22-17(20(25)26)11-15-6-4-3-5-7-15/h3-10,17H,11-12H2,1-2H3,(H,21,24)(H,22,23)(H,25,26)/t17-/m0/s1. The van der Waals surface area contributed by atoms with Crippen molar-refractivity contribution in [2.24, 2.45) is 0 Å².